The summed E-state index contributed by atoms with van der Waals surface area (Å²) < 4.78 is 46.5. The van der Waals surface area contributed by atoms with Crippen LogP contribution in [0, 0.1) is 18.3 Å². The van der Waals surface area contributed by atoms with Crippen molar-refractivity contribution in [2.45, 2.75) is 19.6 Å². The van der Waals surface area contributed by atoms with Gasteiger partial charge in [0.1, 0.15) is 5.75 Å². The molecule has 0 unspecified atom stereocenters. The van der Waals surface area contributed by atoms with Gasteiger partial charge in [-0.15, -0.1) is 0 Å². The van der Waals surface area contributed by atoms with Crippen molar-refractivity contribution >= 4 is 10.9 Å². The maximum atomic E-state index is 13.4. The zero-order chi connectivity index (χ0) is 18.2. The molecule has 0 spiro atoms. The van der Waals surface area contributed by atoms with Crippen LogP contribution in [0.25, 0.3) is 10.9 Å². The van der Waals surface area contributed by atoms with E-state index in [0.29, 0.717) is 16.8 Å². The lowest BCUT2D eigenvalue weighted by Crippen LogP contribution is -2.12. The molecule has 0 aliphatic heterocycles. The number of hydrogen-bond acceptors (Lipinski definition) is 3. The van der Waals surface area contributed by atoms with Crippen molar-refractivity contribution in [1.29, 1.82) is 5.26 Å². The lowest BCUT2D eigenvalue weighted by molar-refractivity contribution is -0.138. The summed E-state index contributed by atoms with van der Waals surface area (Å²) >= 11 is 0. The Hall–Kier alpha value is -3.01. The van der Waals surface area contributed by atoms with E-state index in [4.69, 9.17) is 10.00 Å². The summed E-state index contributed by atoms with van der Waals surface area (Å²) in [4.78, 5) is 0. The Morgan fingerprint density at radius 1 is 1.20 bits per heavy atom. The summed E-state index contributed by atoms with van der Waals surface area (Å²) in [5, 5.41) is 14.1. The Kier molecular flexibility index (Phi) is 4.13. The van der Waals surface area contributed by atoms with Gasteiger partial charge in [-0.2, -0.15) is 23.5 Å². The third-order valence-electron chi connectivity index (χ3n) is 4.01. The average Bonchev–Trinajstić information content (AvgIpc) is 2.89. The minimum atomic E-state index is -4.49. The minimum absolute atomic E-state index is 0.0327. The van der Waals surface area contributed by atoms with Crippen LogP contribution in [0.4, 0.5) is 13.2 Å². The van der Waals surface area contributed by atoms with Crippen molar-refractivity contribution in [3.8, 4) is 11.8 Å². The topological polar surface area (TPSA) is 50.8 Å². The van der Waals surface area contributed by atoms with E-state index in [1.54, 1.807) is 25.1 Å². The first-order valence-electron chi connectivity index (χ1n) is 7.45. The SMILES string of the molecule is COc1ccc(Cn2nc(C)c3cc(C#N)ccc32)c(C(F)(F)F)c1. The van der Waals surface area contributed by atoms with Crippen LogP contribution in [0.15, 0.2) is 36.4 Å². The number of rotatable bonds is 3. The highest BCUT2D eigenvalue weighted by atomic mass is 19.4. The van der Waals surface area contributed by atoms with E-state index < -0.39 is 11.7 Å². The number of fused-ring (bicyclic) bond motifs is 1. The number of benzene rings is 2. The highest BCUT2D eigenvalue weighted by Crippen LogP contribution is 2.35. The van der Waals surface area contributed by atoms with Gasteiger partial charge in [-0.25, -0.2) is 0 Å². The number of methoxy groups -OCH3 is 1. The van der Waals surface area contributed by atoms with Gasteiger partial charge in [-0.3, -0.25) is 4.68 Å². The maximum absolute atomic E-state index is 13.4. The smallest absolute Gasteiger partial charge is 0.416 e. The van der Waals surface area contributed by atoms with Crippen molar-refractivity contribution in [2.75, 3.05) is 7.11 Å². The first-order chi connectivity index (χ1) is 11.8. The van der Waals surface area contributed by atoms with Crippen molar-refractivity contribution in [3.05, 3.63) is 58.8 Å². The highest BCUT2D eigenvalue weighted by molar-refractivity contribution is 5.83. The number of nitrogens with zero attached hydrogens (tertiary/aromatic N) is 3. The number of halogens is 3. The molecule has 0 fully saturated rings. The fraction of sp³-hybridized carbons (Fsp3) is 0.222. The lowest BCUT2D eigenvalue weighted by Gasteiger charge is -2.14. The molecule has 0 bridgehead atoms. The van der Waals surface area contributed by atoms with Gasteiger partial charge in [-0.1, -0.05) is 6.07 Å². The van der Waals surface area contributed by atoms with Gasteiger partial charge >= 0.3 is 6.18 Å². The van der Waals surface area contributed by atoms with Crippen LogP contribution in [0.3, 0.4) is 0 Å². The maximum Gasteiger partial charge on any atom is 0.416 e. The van der Waals surface area contributed by atoms with Crippen molar-refractivity contribution in [2.24, 2.45) is 0 Å². The van der Waals surface area contributed by atoms with E-state index >= 15 is 0 Å². The molecule has 0 atom stereocenters. The minimum Gasteiger partial charge on any atom is -0.497 e. The van der Waals surface area contributed by atoms with Crippen LogP contribution in [-0.2, 0) is 12.7 Å². The number of ether oxygens (including phenoxy) is 1. The van der Waals surface area contributed by atoms with Crippen LogP contribution in [-0.4, -0.2) is 16.9 Å². The summed E-state index contributed by atoms with van der Waals surface area (Å²) in [7, 11) is 1.33. The second-order valence-electron chi connectivity index (χ2n) is 5.61. The van der Waals surface area contributed by atoms with E-state index in [-0.39, 0.29) is 17.9 Å². The Balaban J connectivity index is 2.09. The molecule has 1 aromatic heterocycles. The van der Waals surface area contributed by atoms with Gasteiger partial charge in [0.15, 0.2) is 0 Å². The monoisotopic (exact) mass is 345 g/mol. The van der Waals surface area contributed by atoms with E-state index in [2.05, 4.69) is 5.10 Å². The van der Waals surface area contributed by atoms with Gasteiger partial charge in [0.2, 0.25) is 0 Å². The third kappa shape index (κ3) is 3.15. The van der Waals surface area contributed by atoms with Gasteiger partial charge in [0, 0.05) is 5.39 Å². The summed E-state index contributed by atoms with van der Waals surface area (Å²) in [5.41, 5.74) is 1.18. The normalized spacial score (nSPS) is 11.5. The van der Waals surface area contributed by atoms with E-state index in [9.17, 15) is 13.2 Å². The van der Waals surface area contributed by atoms with Crippen molar-refractivity contribution in [1.82, 2.24) is 9.78 Å². The molecule has 0 N–H and O–H groups in total. The molecule has 2 aromatic carbocycles. The molecule has 3 aromatic rings. The second kappa shape index (κ2) is 6.13. The van der Waals surface area contributed by atoms with E-state index in [0.717, 1.165) is 11.5 Å². The molecule has 25 heavy (non-hydrogen) atoms. The molecule has 0 radical (unpaired) electrons. The largest absolute Gasteiger partial charge is 0.497 e. The molecule has 1 heterocycles. The molecule has 0 saturated heterocycles. The number of hydrogen-bond donors (Lipinski definition) is 0. The van der Waals surface area contributed by atoms with Crippen molar-refractivity contribution < 1.29 is 17.9 Å². The summed E-state index contributed by atoms with van der Waals surface area (Å²) in [6.45, 7) is 1.73. The zero-order valence-corrected chi connectivity index (χ0v) is 13.6. The van der Waals surface area contributed by atoms with Gasteiger partial charge in [0.05, 0.1) is 42.1 Å². The molecule has 0 saturated carbocycles. The molecular formula is C18H14F3N3O. The molecule has 0 amide bonds. The highest BCUT2D eigenvalue weighted by Gasteiger charge is 2.34. The number of aromatic nitrogens is 2. The standard InChI is InChI=1S/C18H14F3N3O/c1-11-15-7-12(9-22)3-6-17(15)24(23-11)10-13-4-5-14(25-2)8-16(13)18(19,20)21/h3-8H,10H2,1-2H3. The molecule has 0 aliphatic rings. The fourth-order valence-electron chi connectivity index (χ4n) is 2.78. The summed E-state index contributed by atoms with van der Waals surface area (Å²) in [5.74, 6) is 0.149. The van der Waals surface area contributed by atoms with Crippen LogP contribution in [0.1, 0.15) is 22.4 Å². The lowest BCUT2D eigenvalue weighted by atomic mass is 10.1. The zero-order valence-electron chi connectivity index (χ0n) is 13.6. The Bertz CT molecular complexity index is 984. The molecule has 4 nitrogen and oxygen atoms in total. The molecule has 7 heteroatoms. The van der Waals surface area contributed by atoms with Crippen molar-refractivity contribution in [3.63, 3.8) is 0 Å². The first-order valence-corrected chi connectivity index (χ1v) is 7.45. The Labute approximate surface area is 142 Å². The van der Waals surface area contributed by atoms with E-state index in [1.165, 1.54) is 23.9 Å². The van der Waals surface area contributed by atoms with Gasteiger partial charge < -0.3 is 4.74 Å². The fourth-order valence-corrected chi connectivity index (χ4v) is 2.78. The molecule has 128 valence electrons. The molecular weight excluding hydrogens is 331 g/mol. The molecule has 0 aliphatic carbocycles. The third-order valence-corrected chi connectivity index (χ3v) is 4.01. The predicted octanol–water partition coefficient (Wildman–Crippen LogP) is 4.29. The molecule has 3 rings (SSSR count). The van der Waals surface area contributed by atoms with Gasteiger partial charge in [0.25, 0.3) is 0 Å². The quantitative estimate of drug-likeness (QED) is 0.711. The predicted molar refractivity (Wildman–Crippen MR) is 86.3 cm³/mol. The number of nitriles is 1. The van der Waals surface area contributed by atoms with Crippen LogP contribution in [0.5, 0.6) is 5.75 Å². The number of aryl methyl sites for hydroxylation is 1. The average molecular weight is 345 g/mol. The Morgan fingerprint density at radius 3 is 2.60 bits per heavy atom. The first kappa shape index (κ1) is 16.8. The van der Waals surface area contributed by atoms with Crippen LogP contribution < -0.4 is 4.74 Å². The van der Waals surface area contributed by atoms with E-state index in [1.807, 2.05) is 6.07 Å². The Morgan fingerprint density at radius 2 is 1.96 bits per heavy atom. The number of alkyl halides is 3. The summed E-state index contributed by atoms with van der Waals surface area (Å²) in [6.07, 6.45) is -4.49. The summed E-state index contributed by atoms with van der Waals surface area (Å²) in [6, 6.07) is 10.9. The van der Waals surface area contributed by atoms with Crippen LogP contribution >= 0.6 is 0 Å². The van der Waals surface area contributed by atoms with Gasteiger partial charge in [-0.05, 0) is 42.8 Å². The second-order valence-corrected chi connectivity index (χ2v) is 5.61. The van der Waals surface area contributed by atoms with Crippen LogP contribution in [0.2, 0.25) is 0 Å².